The van der Waals surface area contributed by atoms with E-state index in [0.717, 1.165) is 17.0 Å². The Morgan fingerprint density at radius 1 is 0.943 bits per heavy atom. The van der Waals surface area contributed by atoms with E-state index in [4.69, 9.17) is 0 Å². The van der Waals surface area contributed by atoms with Gasteiger partial charge in [-0.3, -0.25) is 19.4 Å². The SMILES string of the molecule is O=C(Nc1ccc(F)cc1)c1ccc(N2CCCN(C(=O)c3ccccc3C(F)(F)F)C2=O)nc1. The molecule has 0 bridgehead atoms. The molecule has 7 nitrogen and oxygen atoms in total. The zero-order valence-corrected chi connectivity index (χ0v) is 18.1. The predicted octanol–water partition coefficient (Wildman–Crippen LogP) is 4.96. The number of benzene rings is 2. The summed E-state index contributed by atoms with van der Waals surface area (Å²) in [6.07, 6.45) is -3.21. The number of anilines is 2. The fourth-order valence-electron chi connectivity index (χ4n) is 3.60. The van der Waals surface area contributed by atoms with E-state index in [1.807, 2.05) is 0 Å². The first-order valence-corrected chi connectivity index (χ1v) is 10.5. The Kier molecular flexibility index (Phi) is 6.50. The van der Waals surface area contributed by atoms with Crippen molar-refractivity contribution in [3.63, 3.8) is 0 Å². The number of aromatic nitrogens is 1. The van der Waals surface area contributed by atoms with Crippen LogP contribution >= 0.6 is 0 Å². The standard InChI is InChI=1S/C24H18F4N4O3/c25-16-7-9-17(10-8-16)30-21(33)15-6-11-20(29-14-15)31-12-3-13-32(23(31)35)22(34)18-4-1-2-5-19(18)24(26,27)28/h1-2,4-11,14H,3,12-13H2,(H,30,33). The summed E-state index contributed by atoms with van der Waals surface area (Å²) in [5.74, 6) is -1.88. The molecule has 1 fully saturated rings. The van der Waals surface area contributed by atoms with Gasteiger partial charge >= 0.3 is 12.2 Å². The second-order valence-electron chi connectivity index (χ2n) is 7.65. The first-order chi connectivity index (χ1) is 16.6. The van der Waals surface area contributed by atoms with Crippen molar-refractivity contribution in [2.24, 2.45) is 0 Å². The molecule has 11 heteroatoms. The van der Waals surface area contributed by atoms with Crippen molar-refractivity contribution in [1.82, 2.24) is 9.88 Å². The second kappa shape index (κ2) is 9.53. The molecule has 1 aromatic heterocycles. The van der Waals surface area contributed by atoms with Gasteiger partial charge in [0, 0.05) is 25.0 Å². The molecule has 1 aliphatic heterocycles. The van der Waals surface area contributed by atoms with Gasteiger partial charge in [-0.2, -0.15) is 13.2 Å². The number of hydrogen-bond acceptors (Lipinski definition) is 4. The molecular weight excluding hydrogens is 468 g/mol. The first-order valence-electron chi connectivity index (χ1n) is 10.5. The van der Waals surface area contributed by atoms with Crippen LogP contribution in [0.5, 0.6) is 0 Å². The lowest BCUT2D eigenvalue weighted by atomic mass is 10.1. The van der Waals surface area contributed by atoms with Gasteiger partial charge in [0.05, 0.1) is 16.7 Å². The minimum absolute atomic E-state index is 0.0431. The number of halogens is 4. The molecule has 1 N–H and O–H groups in total. The summed E-state index contributed by atoms with van der Waals surface area (Å²) < 4.78 is 53.1. The highest BCUT2D eigenvalue weighted by atomic mass is 19.4. The Labute approximate surface area is 197 Å². The summed E-state index contributed by atoms with van der Waals surface area (Å²) in [7, 11) is 0. The molecule has 2 aromatic carbocycles. The van der Waals surface area contributed by atoms with Crippen LogP contribution in [0.2, 0.25) is 0 Å². The highest BCUT2D eigenvalue weighted by Crippen LogP contribution is 2.33. The van der Waals surface area contributed by atoms with E-state index < -0.39 is 41.0 Å². The third-order valence-electron chi connectivity index (χ3n) is 5.32. The summed E-state index contributed by atoms with van der Waals surface area (Å²) >= 11 is 0. The van der Waals surface area contributed by atoms with E-state index in [2.05, 4.69) is 10.3 Å². The van der Waals surface area contributed by atoms with E-state index in [-0.39, 0.29) is 24.5 Å². The number of pyridine rings is 1. The van der Waals surface area contributed by atoms with Crippen LogP contribution < -0.4 is 10.2 Å². The number of amides is 4. The summed E-state index contributed by atoms with van der Waals surface area (Å²) in [5, 5.41) is 2.58. The van der Waals surface area contributed by atoms with Crippen LogP contribution in [0.25, 0.3) is 0 Å². The Bertz CT molecular complexity index is 1260. The molecule has 180 valence electrons. The van der Waals surface area contributed by atoms with Crippen LogP contribution in [-0.2, 0) is 6.18 Å². The van der Waals surface area contributed by atoms with Crippen LogP contribution in [-0.4, -0.2) is 40.8 Å². The van der Waals surface area contributed by atoms with Crippen molar-refractivity contribution in [3.8, 4) is 0 Å². The minimum atomic E-state index is -4.75. The highest BCUT2D eigenvalue weighted by molar-refractivity contribution is 6.10. The maximum atomic E-state index is 13.3. The van der Waals surface area contributed by atoms with Crippen LogP contribution in [0.4, 0.5) is 33.9 Å². The average Bonchev–Trinajstić information content (AvgIpc) is 2.85. The normalized spacial score (nSPS) is 14.1. The number of rotatable bonds is 4. The summed E-state index contributed by atoms with van der Waals surface area (Å²) in [6.45, 7) is 0.149. The average molecular weight is 486 g/mol. The van der Waals surface area contributed by atoms with Gasteiger partial charge in [0.25, 0.3) is 11.8 Å². The zero-order valence-electron chi connectivity index (χ0n) is 18.1. The molecule has 0 unspecified atom stereocenters. The molecule has 0 atom stereocenters. The van der Waals surface area contributed by atoms with Gasteiger partial charge in [0.1, 0.15) is 11.6 Å². The van der Waals surface area contributed by atoms with E-state index in [1.165, 1.54) is 59.6 Å². The number of hydrogen-bond donors (Lipinski definition) is 1. The number of nitrogens with zero attached hydrogens (tertiary/aromatic N) is 3. The van der Waals surface area contributed by atoms with Crippen molar-refractivity contribution in [3.05, 3.63) is 89.4 Å². The molecule has 2 heterocycles. The van der Waals surface area contributed by atoms with Crippen molar-refractivity contribution in [1.29, 1.82) is 0 Å². The molecule has 0 saturated carbocycles. The van der Waals surface area contributed by atoms with E-state index >= 15 is 0 Å². The van der Waals surface area contributed by atoms with Gasteiger partial charge in [0.2, 0.25) is 0 Å². The lowest BCUT2D eigenvalue weighted by molar-refractivity contribution is -0.138. The Morgan fingerprint density at radius 2 is 1.66 bits per heavy atom. The van der Waals surface area contributed by atoms with E-state index in [1.54, 1.807) is 0 Å². The maximum Gasteiger partial charge on any atom is 0.417 e. The first kappa shape index (κ1) is 23.9. The number of nitrogens with one attached hydrogen (secondary N) is 1. The fourth-order valence-corrected chi connectivity index (χ4v) is 3.60. The molecule has 35 heavy (non-hydrogen) atoms. The lowest BCUT2D eigenvalue weighted by Crippen LogP contribution is -2.52. The molecule has 3 aromatic rings. The maximum absolute atomic E-state index is 13.3. The molecule has 0 aliphatic carbocycles. The van der Waals surface area contributed by atoms with Crippen LogP contribution in [0.3, 0.4) is 0 Å². The van der Waals surface area contributed by atoms with Crippen LogP contribution in [0.1, 0.15) is 32.7 Å². The van der Waals surface area contributed by atoms with Crippen LogP contribution in [0, 0.1) is 5.82 Å². The number of carbonyl (C=O) groups is 3. The van der Waals surface area contributed by atoms with E-state index in [0.29, 0.717) is 12.1 Å². The van der Waals surface area contributed by atoms with Crippen molar-refractivity contribution < 1.29 is 31.9 Å². The van der Waals surface area contributed by atoms with Gasteiger partial charge in [-0.05, 0) is 55.0 Å². The van der Waals surface area contributed by atoms with Gasteiger partial charge in [-0.1, -0.05) is 12.1 Å². The molecule has 0 radical (unpaired) electrons. The third kappa shape index (κ3) is 5.13. The molecule has 4 amide bonds. The highest BCUT2D eigenvalue weighted by Gasteiger charge is 2.39. The van der Waals surface area contributed by atoms with Crippen molar-refractivity contribution in [2.75, 3.05) is 23.3 Å². The molecule has 1 aliphatic rings. The molecule has 0 spiro atoms. The second-order valence-corrected chi connectivity index (χ2v) is 7.65. The number of alkyl halides is 3. The van der Waals surface area contributed by atoms with Crippen molar-refractivity contribution >= 4 is 29.4 Å². The van der Waals surface area contributed by atoms with E-state index in [9.17, 15) is 31.9 Å². The number of urea groups is 1. The molecule has 1 saturated heterocycles. The van der Waals surface area contributed by atoms with Crippen molar-refractivity contribution in [2.45, 2.75) is 12.6 Å². The molecular formula is C24H18F4N4O3. The van der Waals surface area contributed by atoms with Crippen LogP contribution in [0.15, 0.2) is 66.9 Å². The zero-order chi connectivity index (χ0) is 25.2. The summed E-state index contributed by atoms with van der Waals surface area (Å²) in [4.78, 5) is 44.3. The number of carbonyl (C=O) groups excluding carboxylic acids is 3. The quantitative estimate of drug-likeness (QED) is 0.529. The molecule has 4 rings (SSSR count). The largest absolute Gasteiger partial charge is 0.417 e. The minimum Gasteiger partial charge on any atom is -0.322 e. The third-order valence-corrected chi connectivity index (χ3v) is 5.32. The smallest absolute Gasteiger partial charge is 0.322 e. The summed E-state index contributed by atoms with van der Waals surface area (Å²) in [6, 6.07) is 11.5. The fraction of sp³-hybridized carbons (Fsp3) is 0.167. The lowest BCUT2D eigenvalue weighted by Gasteiger charge is -2.34. The van der Waals surface area contributed by atoms with Gasteiger partial charge in [-0.25, -0.2) is 14.2 Å². The predicted molar refractivity (Wildman–Crippen MR) is 118 cm³/mol. The number of imide groups is 1. The van der Waals surface area contributed by atoms with Gasteiger partial charge < -0.3 is 5.32 Å². The Balaban J connectivity index is 1.50. The summed E-state index contributed by atoms with van der Waals surface area (Å²) in [5.41, 5.74) is -1.20. The Morgan fingerprint density at radius 3 is 2.31 bits per heavy atom. The van der Waals surface area contributed by atoms with Gasteiger partial charge in [-0.15, -0.1) is 0 Å². The monoisotopic (exact) mass is 486 g/mol. The Hall–Kier alpha value is -4.28. The van der Waals surface area contributed by atoms with Gasteiger partial charge in [0.15, 0.2) is 0 Å². The topological polar surface area (TPSA) is 82.6 Å².